The van der Waals surface area contributed by atoms with Crippen molar-refractivity contribution in [1.29, 1.82) is 0 Å². The van der Waals surface area contributed by atoms with Crippen LogP contribution in [0.4, 0.5) is 0 Å². The topological polar surface area (TPSA) is 69.9 Å². The van der Waals surface area contributed by atoms with Gasteiger partial charge in [-0.05, 0) is 353 Å². The Morgan fingerprint density at radius 1 is 0.402 bits per heavy atom. The Kier molecular flexibility index (Phi) is 16.6. The third-order valence-corrected chi connectivity index (χ3v) is 27.9. The van der Waals surface area contributed by atoms with E-state index in [1.165, 1.54) is 156 Å². The quantitative estimate of drug-likeness (QED) is 0.166. The second kappa shape index (κ2) is 22.9. The van der Waals surface area contributed by atoms with Gasteiger partial charge >= 0.3 is 0 Å². The van der Waals surface area contributed by atoms with Crippen LogP contribution in [0, 0.1) is 125 Å². The second-order valence-corrected chi connectivity index (χ2v) is 30.6. The van der Waals surface area contributed by atoms with Gasteiger partial charge in [0.25, 0.3) is 0 Å². The van der Waals surface area contributed by atoms with E-state index in [9.17, 15) is 15.3 Å². The number of phenols is 3. The molecule has 0 aliphatic heterocycles. The number of benzene rings is 4. The smallest absolute Gasteiger partial charge is 0.119 e. The summed E-state index contributed by atoms with van der Waals surface area (Å²) in [5.74, 6) is 14.4. The molecular formula is C77H102AcO4. The van der Waals surface area contributed by atoms with Gasteiger partial charge in [0, 0.05) is 44.1 Å². The van der Waals surface area contributed by atoms with Crippen LogP contribution in [0.3, 0.4) is 0 Å². The van der Waals surface area contributed by atoms with Gasteiger partial charge < -0.3 is 20.1 Å². The van der Waals surface area contributed by atoms with Gasteiger partial charge in [-0.25, -0.2) is 0 Å². The minimum Gasteiger partial charge on any atom is -0.508 e. The van der Waals surface area contributed by atoms with Crippen LogP contribution in [0.25, 0.3) is 0 Å². The van der Waals surface area contributed by atoms with Crippen molar-refractivity contribution < 1.29 is 64.1 Å². The molecule has 4 aromatic rings. The molecule has 0 spiro atoms. The number of aryl methyl sites for hydroxylation is 4. The molecule has 0 saturated heterocycles. The standard InChI is InChI=1S/C20H28O.C19H26O.2C19H24O.Ac/c1-13-4-9-19-18-7-5-14-12-15(21-3)6-8-16(14)17(18)10-11-20(13,19)2;3*1-12-3-8-18-17-6-4-13-11-14(20)5-7-15(13)16(17)9-10-19(12,18)2;/h6,8,12-13,17-19H,4-5,7,9-11H2,1-3H3;5,7,11-12,16-18,20H,3-4,6,8-10H2,1-2H3;2*3,5,7,11,16-18,20H,4,6,8-10H2,1-2H3;/t13-,17?,18?,19?,20+;12-,16?,17?,18?,19+;2*16?,17?,18?,19-;/m0011./s1. The van der Waals surface area contributed by atoms with Crippen LogP contribution in [0.5, 0.6) is 23.0 Å². The molecule has 16 rings (SSSR count). The minimum atomic E-state index is 0. The molecular weight excluding hydrogens is 1220 g/mol. The normalized spacial score (nSPS) is 39.8. The van der Waals surface area contributed by atoms with E-state index in [-0.39, 0.29) is 44.1 Å². The largest absolute Gasteiger partial charge is 0.508 e. The molecule has 4 nitrogen and oxygen atoms in total. The number of hydrogen-bond acceptors (Lipinski definition) is 4. The molecule has 437 valence electrons. The summed E-state index contributed by atoms with van der Waals surface area (Å²) in [6, 6.07) is 25.1. The summed E-state index contributed by atoms with van der Waals surface area (Å²) in [4.78, 5) is 0. The van der Waals surface area contributed by atoms with Crippen LogP contribution in [-0.2, 0) is 25.7 Å². The Balaban J connectivity index is 0.000000108. The van der Waals surface area contributed by atoms with Crippen molar-refractivity contribution in [2.24, 2.45) is 80.8 Å². The van der Waals surface area contributed by atoms with E-state index >= 15 is 0 Å². The fourth-order valence-corrected chi connectivity index (χ4v) is 22.5. The van der Waals surface area contributed by atoms with Gasteiger partial charge in [-0.3, -0.25) is 0 Å². The molecule has 0 heterocycles. The maximum Gasteiger partial charge on any atom is 0.119 e. The molecule has 12 aliphatic rings. The number of hydrogen-bond donors (Lipinski definition) is 3. The van der Waals surface area contributed by atoms with Crippen molar-refractivity contribution in [3.63, 3.8) is 0 Å². The number of ether oxygens (including phenoxy) is 1. The van der Waals surface area contributed by atoms with Gasteiger partial charge in [0.15, 0.2) is 0 Å². The number of methoxy groups -OCH3 is 1. The van der Waals surface area contributed by atoms with Crippen molar-refractivity contribution in [2.45, 2.75) is 220 Å². The van der Waals surface area contributed by atoms with Crippen LogP contribution in [0.15, 0.2) is 96.1 Å². The zero-order valence-corrected chi connectivity index (χ0v) is 56.8. The van der Waals surface area contributed by atoms with E-state index in [2.05, 4.69) is 104 Å². The Morgan fingerprint density at radius 2 is 0.732 bits per heavy atom. The van der Waals surface area contributed by atoms with Crippen molar-refractivity contribution in [1.82, 2.24) is 0 Å². The van der Waals surface area contributed by atoms with Crippen LogP contribution in [-0.4, -0.2) is 22.4 Å². The molecule has 0 aromatic heterocycles. The van der Waals surface area contributed by atoms with Crippen molar-refractivity contribution in [2.75, 3.05) is 7.11 Å². The predicted octanol–water partition coefficient (Wildman–Crippen LogP) is 19.7. The second-order valence-electron chi connectivity index (χ2n) is 30.6. The molecule has 12 aliphatic carbocycles. The van der Waals surface area contributed by atoms with E-state index in [1.807, 2.05) is 36.4 Å². The Labute approximate surface area is 531 Å². The van der Waals surface area contributed by atoms with Crippen LogP contribution >= 0.6 is 0 Å². The molecule has 6 fully saturated rings. The molecule has 18 atom stereocenters. The van der Waals surface area contributed by atoms with Gasteiger partial charge in [0.1, 0.15) is 23.0 Å². The van der Waals surface area contributed by atoms with Gasteiger partial charge in [0.2, 0.25) is 0 Å². The minimum absolute atomic E-state index is 0. The number of fused-ring (bicyclic) bond motifs is 20. The Morgan fingerprint density at radius 3 is 1.10 bits per heavy atom. The summed E-state index contributed by atoms with van der Waals surface area (Å²) in [6.07, 6.45) is 34.4. The Bertz CT molecular complexity index is 2890. The van der Waals surface area contributed by atoms with Gasteiger partial charge in [-0.15, -0.1) is 0 Å². The fourth-order valence-electron chi connectivity index (χ4n) is 22.5. The molecule has 0 bridgehead atoms. The summed E-state index contributed by atoms with van der Waals surface area (Å²) in [5, 5.41) is 29.1. The fraction of sp³-hybridized carbons (Fsp3) is 0.636. The molecule has 6 saturated carbocycles. The molecule has 0 amide bonds. The van der Waals surface area contributed by atoms with Crippen LogP contribution in [0.1, 0.15) is 239 Å². The van der Waals surface area contributed by atoms with Crippen molar-refractivity contribution >= 4 is 0 Å². The van der Waals surface area contributed by atoms with Crippen molar-refractivity contribution in [3.8, 4) is 23.0 Å². The first-order chi connectivity index (χ1) is 38.9. The maximum atomic E-state index is 9.71. The summed E-state index contributed by atoms with van der Waals surface area (Å²) in [6.45, 7) is 19.8. The zero-order chi connectivity index (χ0) is 56.3. The number of aromatic hydroxyl groups is 3. The molecule has 12 unspecified atom stereocenters. The van der Waals surface area contributed by atoms with E-state index in [1.54, 1.807) is 34.9 Å². The van der Waals surface area contributed by atoms with Crippen LogP contribution in [0.2, 0.25) is 0 Å². The third-order valence-electron chi connectivity index (χ3n) is 27.9. The maximum absolute atomic E-state index is 9.71. The Hall–Kier alpha value is -3.00. The molecule has 82 heavy (non-hydrogen) atoms. The van der Waals surface area contributed by atoms with E-state index in [4.69, 9.17) is 4.74 Å². The SMILES string of the molecule is CC1=CCC2C3CCc4cc(O)ccc4C3CC[C@]12C.CC1=CCC2C3CCc4cc(O)ccc4C3CC[C@]12C.COc1ccc2c(c1)CCC1C2CC[C@@]2(C)C1CC[C@@H]2C.C[C@H]1CCC2C3CCc4cc(O)ccc4C3CC[C@@]21C.[Ac]. The van der Waals surface area contributed by atoms with E-state index in [0.29, 0.717) is 38.9 Å². The van der Waals surface area contributed by atoms with Crippen LogP contribution < -0.4 is 4.74 Å². The van der Waals surface area contributed by atoms with Crippen molar-refractivity contribution in [3.05, 3.63) is 141 Å². The number of rotatable bonds is 1. The molecule has 4 aromatic carbocycles. The molecule has 1 radical (unpaired) electrons. The predicted molar refractivity (Wildman–Crippen MR) is 332 cm³/mol. The molecule has 3 N–H and O–H groups in total. The first-order valence-corrected chi connectivity index (χ1v) is 33.4. The van der Waals surface area contributed by atoms with Gasteiger partial charge in [0.05, 0.1) is 7.11 Å². The zero-order valence-electron chi connectivity index (χ0n) is 52.0. The van der Waals surface area contributed by atoms with E-state index in [0.717, 1.165) is 101 Å². The average molecular weight is 1320 g/mol. The summed E-state index contributed by atoms with van der Waals surface area (Å²) in [7, 11) is 1.78. The average Bonchev–Trinajstić information content (AvgIpc) is 2.68. The van der Waals surface area contributed by atoms with Gasteiger partial charge in [-0.1, -0.05) is 89.1 Å². The number of allylic oxidation sites excluding steroid dienone is 4. The summed E-state index contributed by atoms with van der Waals surface area (Å²) >= 11 is 0. The third kappa shape index (κ3) is 9.99. The summed E-state index contributed by atoms with van der Waals surface area (Å²) < 4.78 is 5.42. The van der Waals surface area contributed by atoms with E-state index < -0.39 is 0 Å². The monoisotopic (exact) mass is 1320 g/mol. The summed E-state index contributed by atoms with van der Waals surface area (Å²) in [5.41, 5.74) is 17.5. The first-order valence-electron chi connectivity index (χ1n) is 33.4. The number of phenolic OH excluding ortho intramolecular Hbond substituents is 3. The van der Waals surface area contributed by atoms with Gasteiger partial charge in [-0.2, -0.15) is 0 Å². The first kappa shape index (κ1) is 59.3. The molecule has 5 heteroatoms.